The van der Waals surface area contributed by atoms with Crippen LogP contribution in [0, 0.1) is 0 Å². The smallest absolute Gasteiger partial charge is 0.164 e. The molecular formula is C55H35N7. The van der Waals surface area contributed by atoms with Crippen LogP contribution in [0.15, 0.2) is 213 Å². The van der Waals surface area contributed by atoms with Crippen molar-refractivity contribution in [2.75, 3.05) is 0 Å². The molecule has 290 valence electrons. The van der Waals surface area contributed by atoms with Crippen LogP contribution in [-0.4, -0.2) is 34.1 Å². The van der Waals surface area contributed by atoms with Gasteiger partial charge in [-0.25, -0.2) is 19.9 Å². The van der Waals surface area contributed by atoms with E-state index in [0.29, 0.717) is 17.5 Å². The van der Waals surface area contributed by atoms with Crippen molar-refractivity contribution >= 4 is 43.6 Å². The van der Waals surface area contributed by atoms with E-state index in [4.69, 9.17) is 19.9 Å². The molecule has 0 radical (unpaired) electrons. The van der Waals surface area contributed by atoms with Crippen molar-refractivity contribution in [3.63, 3.8) is 0 Å². The molecule has 12 rings (SSSR count). The molecule has 0 atom stereocenters. The molecular weight excluding hydrogens is 759 g/mol. The molecule has 0 unspecified atom stereocenters. The van der Waals surface area contributed by atoms with Gasteiger partial charge in [-0.3, -0.25) is 4.98 Å². The zero-order valence-corrected chi connectivity index (χ0v) is 33.3. The van der Waals surface area contributed by atoms with Crippen LogP contribution in [0.5, 0.6) is 0 Å². The molecule has 5 heterocycles. The lowest BCUT2D eigenvalue weighted by molar-refractivity contribution is 1.06. The van der Waals surface area contributed by atoms with Crippen LogP contribution in [0.25, 0.3) is 112 Å². The first-order valence-corrected chi connectivity index (χ1v) is 20.7. The van der Waals surface area contributed by atoms with Gasteiger partial charge in [-0.1, -0.05) is 133 Å². The quantitative estimate of drug-likeness (QED) is 0.161. The van der Waals surface area contributed by atoms with E-state index < -0.39 is 0 Å². The highest BCUT2D eigenvalue weighted by molar-refractivity contribution is 6.10. The Morgan fingerprint density at radius 1 is 0.274 bits per heavy atom. The molecule has 0 bridgehead atoms. The minimum Gasteiger partial charge on any atom is -0.309 e. The molecule has 7 nitrogen and oxygen atoms in total. The van der Waals surface area contributed by atoms with Gasteiger partial charge in [-0.2, -0.15) is 0 Å². The van der Waals surface area contributed by atoms with Crippen molar-refractivity contribution in [3.8, 4) is 68.1 Å². The maximum absolute atomic E-state index is 5.38. The second-order valence-electron chi connectivity index (χ2n) is 15.4. The third kappa shape index (κ3) is 6.02. The summed E-state index contributed by atoms with van der Waals surface area (Å²) in [6.45, 7) is 0. The Hall–Kier alpha value is -8.55. The number of benzene rings is 7. The van der Waals surface area contributed by atoms with Crippen molar-refractivity contribution < 1.29 is 0 Å². The lowest BCUT2D eigenvalue weighted by Crippen LogP contribution is -2.04. The summed E-state index contributed by atoms with van der Waals surface area (Å²) in [6.07, 6.45) is 3.55. The van der Waals surface area contributed by atoms with Crippen molar-refractivity contribution in [2.45, 2.75) is 0 Å². The second-order valence-corrected chi connectivity index (χ2v) is 15.4. The molecule has 0 aliphatic heterocycles. The van der Waals surface area contributed by atoms with Gasteiger partial charge in [0, 0.05) is 73.1 Å². The summed E-state index contributed by atoms with van der Waals surface area (Å²) in [5, 5.41) is 4.76. The van der Waals surface area contributed by atoms with Crippen LogP contribution in [0.2, 0.25) is 0 Å². The minimum absolute atomic E-state index is 0.541. The fourth-order valence-electron chi connectivity index (χ4n) is 8.82. The van der Waals surface area contributed by atoms with Crippen LogP contribution < -0.4 is 0 Å². The standard InChI is InChI=1S/C55H35N7/c1-3-15-36(16-4-1)47-33-40(34-48(57-47)37-17-5-2-6-18-37)55-59-53(38-27-29-56-30-28-38)58-54(60-55)39-31-41(61-49-23-11-7-19-43(49)44-20-8-12-24-50(44)61)35-42(32-39)62-51-25-13-9-21-45(51)46-22-10-14-26-52(46)62/h1-35H. The summed E-state index contributed by atoms with van der Waals surface area (Å²) >= 11 is 0. The predicted octanol–water partition coefficient (Wildman–Crippen LogP) is 13.2. The van der Waals surface area contributed by atoms with Crippen LogP contribution in [-0.2, 0) is 0 Å². The van der Waals surface area contributed by atoms with E-state index in [1.54, 1.807) is 12.4 Å². The number of hydrogen-bond acceptors (Lipinski definition) is 5. The van der Waals surface area contributed by atoms with Gasteiger partial charge in [0.05, 0.1) is 33.5 Å². The molecule has 0 fully saturated rings. The first kappa shape index (κ1) is 35.4. The van der Waals surface area contributed by atoms with Crippen molar-refractivity contribution in [1.82, 2.24) is 34.1 Å². The predicted molar refractivity (Wildman–Crippen MR) is 251 cm³/mol. The number of para-hydroxylation sites is 4. The van der Waals surface area contributed by atoms with Crippen LogP contribution in [0.1, 0.15) is 0 Å². The Morgan fingerprint density at radius 2 is 0.629 bits per heavy atom. The summed E-state index contributed by atoms with van der Waals surface area (Å²) in [4.78, 5) is 25.3. The fourth-order valence-corrected chi connectivity index (χ4v) is 8.82. The maximum atomic E-state index is 5.38. The van der Waals surface area contributed by atoms with Gasteiger partial charge in [0.2, 0.25) is 0 Å². The van der Waals surface area contributed by atoms with Gasteiger partial charge >= 0.3 is 0 Å². The van der Waals surface area contributed by atoms with E-state index in [2.05, 4.69) is 166 Å². The van der Waals surface area contributed by atoms with Crippen molar-refractivity contribution in [1.29, 1.82) is 0 Å². The number of pyridine rings is 2. The zero-order valence-electron chi connectivity index (χ0n) is 33.3. The van der Waals surface area contributed by atoms with Gasteiger partial charge in [0.1, 0.15) is 0 Å². The highest BCUT2D eigenvalue weighted by Crippen LogP contribution is 2.38. The molecule has 0 amide bonds. The Kier molecular flexibility index (Phi) is 8.35. The Bertz CT molecular complexity index is 3340. The number of rotatable bonds is 7. The summed E-state index contributed by atoms with van der Waals surface area (Å²) in [5.74, 6) is 1.64. The zero-order chi connectivity index (χ0) is 41.0. The molecule has 0 aliphatic rings. The lowest BCUT2D eigenvalue weighted by atomic mass is 10.0. The molecule has 0 spiro atoms. The van der Waals surface area contributed by atoms with Gasteiger partial charge in [0.25, 0.3) is 0 Å². The number of fused-ring (bicyclic) bond motifs is 6. The Balaban J connectivity index is 1.15. The SMILES string of the molecule is c1ccc(-c2cc(-c3nc(-c4ccncc4)nc(-c4cc(-n5c6ccccc6c6ccccc65)cc(-n5c6ccccc6c6ccccc65)c4)n3)cc(-c3ccccc3)n2)cc1. The van der Waals surface area contributed by atoms with Gasteiger partial charge in [-0.05, 0) is 66.7 Å². The average molecular weight is 794 g/mol. The number of hydrogen-bond donors (Lipinski definition) is 0. The second kappa shape index (κ2) is 14.6. The molecule has 7 heteroatoms. The van der Waals surface area contributed by atoms with Crippen LogP contribution in [0.4, 0.5) is 0 Å². The summed E-state index contributed by atoms with van der Waals surface area (Å²) in [6, 6.07) is 69.7. The normalized spacial score (nSPS) is 11.5. The summed E-state index contributed by atoms with van der Waals surface area (Å²) < 4.78 is 4.72. The molecule has 62 heavy (non-hydrogen) atoms. The average Bonchev–Trinajstić information content (AvgIpc) is 3.88. The molecule has 12 aromatic rings. The molecule has 5 aromatic heterocycles. The third-order valence-corrected chi connectivity index (χ3v) is 11.6. The lowest BCUT2D eigenvalue weighted by Gasteiger charge is -2.16. The molecule has 0 saturated carbocycles. The first-order chi connectivity index (χ1) is 30.7. The van der Waals surface area contributed by atoms with E-state index in [0.717, 1.165) is 72.6 Å². The van der Waals surface area contributed by atoms with E-state index in [1.807, 2.05) is 48.5 Å². The summed E-state index contributed by atoms with van der Waals surface area (Å²) in [7, 11) is 0. The Morgan fingerprint density at radius 3 is 1.05 bits per heavy atom. The van der Waals surface area contributed by atoms with E-state index in [1.165, 1.54) is 21.5 Å². The highest BCUT2D eigenvalue weighted by atomic mass is 15.0. The molecule has 0 saturated heterocycles. The largest absolute Gasteiger partial charge is 0.309 e. The monoisotopic (exact) mass is 793 g/mol. The van der Waals surface area contributed by atoms with Gasteiger partial charge < -0.3 is 9.13 Å². The van der Waals surface area contributed by atoms with Gasteiger partial charge in [-0.15, -0.1) is 0 Å². The molecule has 0 aliphatic carbocycles. The van der Waals surface area contributed by atoms with Crippen LogP contribution >= 0.6 is 0 Å². The molecule has 7 aromatic carbocycles. The number of aromatic nitrogens is 7. The Labute approximate surface area is 356 Å². The van der Waals surface area contributed by atoms with E-state index in [9.17, 15) is 0 Å². The van der Waals surface area contributed by atoms with E-state index >= 15 is 0 Å². The minimum atomic E-state index is 0.541. The van der Waals surface area contributed by atoms with Crippen molar-refractivity contribution in [3.05, 3.63) is 213 Å². The van der Waals surface area contributed by atoms with Gasteiger partial charge in [0.15, 0.2) is 17.5 Å². The topological polar surface area (TPSA) is 74.3 Å². The van der Waals surface area contributed by atoms with E-state index in [-0.39, 0.29) is 0 Å². The molecule has 0 N–H and O–H groups in total. The summed E-state index contributed by atoms with van der Waals surface area (Å²) in [5.41, 5.74) is 12.6. The van der Waals surface area contributed by atoms with Crippen molar-refractivity contribution in [2.24, 2.45) is 0 Å². The third-order valence-electron chi connectivity index (χ3n) is 11.6. The fraction of sp³-hybridized carbons (Fsp3) is 0. The maximum Gasteiger partial charge on any atom is 0.164 e. The number of nitrogens with zero attached hydrogens (tertiary/aromatic N) is 7. The first-order valence-electron chi connectivity index (χ1n) is 20.7. The highest BCUT2D eigenvalue weighted by Gasteiger charge is 2.20. The van der Waals surface area contributed by atoms with Crippen LogP contribution in [0.3, 0.4) is 0 Å².